The average Bonchev–Trinajstić information content (AvgIpc) is 2.88. The van der Waals surface area contributed by atoms with Gasteiger partial charge in [-0.2, -0.15) is 0 Å². The van der Waals surface area contributed by atoms with Crippen molar-refractivity contribution in [3.05, 3.63) is 0 Å². The van der Waals surface area contributed by atoms with E-state index in [-0.39, 0.29) is 21.7 Å². The molecule has 4 saturated carbocycles. The zero-order valence-electron chi connectivity index (χ0n) is 28.3. The molecule has 4 heteroatoms. The van der Waals surface area contributed by atoms with Gasteiger partial charge in [0.25, 0.3) is 0 Å². The first kappa shape index (κ1) is 43.7. The Bertz CT molecular complexity index is 550. The molecule has 228 valence electrons. The van der Waals surface area contributed by atoms with Gasteiger partial charge < -0.3 is 9.59 Å². The number of hydrogen-bond donors (Lipinski definition) is 0. The molecule has 0 unspecified atom stereocenters. The van der Waals surface area contributed by atoms with Crippen molar-refractivity contribution in [1.82, 2.24) is 0 Å². The normalized spacial score (nSPS) is 20.4. The third kappa shape index (κ3) is 16.6. The van der Waals surface area contributed by atoms with Crippen LogP contribution in [0.15, 0.2) is 0 Å². The number of Topliss-reactive ketones (excluding diaryl/α,β-unsaturated/α-hetero) is 2. The molecule has 0 aromatic heterocycles. The standard InChI is InChI=1S/2C7H12O.2C6H10O.4C2H6/c2*1-6(8)7(2)4-3-5-7;2*1-6(5-7)3-2-4-6;4*1-2/h2*3-5H2,1-2H3;2*5H,2-4H2,1H3;4*1-2H3. The van der Waals surface area contributed by atoms with Gasteiger partial charge in [0, 0.05) is 21.7 Å². The number of rotatable bonds is 4. The largest absolute Gasteiger partial charge is 0.303 e. The molecule has 0 aromatic carbocycles. The van der Waals surface area contributed by atoms with Gasteiger partial charge in [0.05, 0.1) is 0 Å². The van der Waals surface area contributed by atoms with E-state index in [0.717, 1.165) is 63.9 Å². The highest BCUT2D eigenvalue weighted by Crippen LogP contribution is 2.41. The summed E-state index contributed by atoms with van der Waals surface area (Å²) < 4.78 is 0. The maximum atomic E-state index is 10.7. The van der Waals surface area contributed by atoms with Crippen molar-refractivity contribution in [3.63, 3.8) is 0 Å². The number of hydrogen-bond acceptors (Lipinski definition) is 4. The molecule has 0 saturated heterocycles. The van der Waals surface area contributed by atoms with Crippen LogP contribution >= 0.6 is 0 Å². The van der Waals surface area contributed by atoms with E-state index >= 15 is 0 Å². The molecule has 0 aliphatic heterocycles. The van der Waals surface area contributed by atoms with Crippen LogP contribution in [0.2, 0.25) is 0 Å². The van der Waals surface area contributed by atoms with E-state index < -0.39 is 0 Å². The Morgan fingerprint density at radius 2 is 0.632 bits per heavy atom. The molecule has 0 heterocycles. The summed E-state index contributed by atoms with van der Waals surface area (Å²) in [6, 6.07) is 0. The van der Waals surface area contributed by atoms with Crippen LogP contribution < -0.4 is 0 Å². The molecule has 0 aromatic rings. The summed E-state index contributed by atoms with van der Waals surface area (Å²) in [5, 5.41) is 0. The fourth-order valence-electron chi connectivity index (χ4n) is 3.82. The highest BCUT2D eigenvalue weighted by Gasteiger charge is 2.36. The SMILES string of the molecule is CC.CC.CC.CC.CC(=O)C1(C)CCC1.CC(=O)C1(C)CCC1.CC1(C=O)CCC1.CC1(C=O)CCC1. The molecular weight excluding hydrogens is 472 g/mol. The Morgan fingerprint density at radius 1 is 0.447 bits per heavy atom. The third-order valence-corrected chi connectivity index (χ3v) is 8.17. The number of ketones is 2. The molecule has 4 aliphatic carbocycles. The van der Waals surface area contributed by atoms with Crippen LogP contribution in [-0.2, 0) is 19.2 Å². The van der Waals surface area contributed by atoms with Crippen LogP contribution in [-0.4, -0.2) is 24.1 Å². The van der Waals surface area contributed by atoms with Gasteiger partial charge in [-0.3, -0.25) is 9.59 Å². The van der Waals surface area contributed by atoms with Gasteiger partial charge in [0.2, 0.25) is 0 Å². The Labute approximate surface area is 238 Å². The zero-order chi connectivity index (χ0) is 31.1. The lowest BCUT2D eigenvalue weighted by Gasteiger charge is -2.35. The molecule has 4 rings (SSSR count). The van der Waals surface area contributed by atoms with Crippen LogP contribution in [0.1, 0.15) is 174 Å². The van der Waals surface area contributed by atoms with Crippen molar-refractivity contribution < 1.29 is 19.2 Å². The highest BCUT2D eigenvalue weighted by atomic mass is 16.1. The van der Waals surface area contributed by atoms with Gasteiger partial charge in [-0.05, 0) is 65.2 Å². The molecule has 0 bridgehead atoms. The molecule has 38 heavy (non-hydrogen) atoms. The minimum Gasteiger partial charge on any atom is -0.303 e. The predicted molar refractivity (Wildman–Crippen MR) is 167 cm³/mol. The van der Waals surface area contributed by atoms with Gasteiger partial charge in [-0.1, -0.05) is 109 Å². The Balaban J connectivity index is -0.000000186. The van der Waals surface area contributed by atoms with Crippen LogP contribution in [0.4, 0.5) is 0 Å². The first-order chi connectivity index (χ1) is 17.8. The molecular formula is C34H68O4. The summed E-state index contributed by atoms with van der Waals surface area (Å²) in [5.74, 6) is 0.729. The fraction of sp³-hybridized carbons (Fsp3) is 0.882. The fourth-order valence-corrected chi connectivity index (χ4v) is 3.82. The van der Waals surface area contributed by atoms with Crippen LogP contribution in [0.25, 0.3) is 0 Å². The van der Waals surface area contributed by atoms with Crippen LogP contribution in [0.5, 0.6) is 0 Å². The molecule has 0 atom stereocenters. The number of carbonyl (C=O) groups is 4. The third-order valence-electron chi connectivity index (χ3n) is 8.17. The Hall–Kier alpha value is -1.32. The van der Waals surface area contributed by atoms with Gasteiger partial charge >= 0.3 is 0 Å². The second kappa shape index (κ2) is 23.6. The van der Waals surface area contributed by atoms with Gasteiger partial charge in [-0.25, -0.2) is 0 Å². The smallest absolute Gasteiger partial charge is 0.135 e. The van der Waals surface area contributed by atoms with E-state index in [2.05, 4.69) is 13.8 Å². The van der Waals surface area contributed by atoms with E-state index in [4.69, 9.17) is 0 Å². The zero-order valence-corrected chi connectivity index (χ0v) is 28.3. The predicted octanol–water partition coefficient (Wildman–Crippen LogP) is 10.4. The topological polar surface area (TPSA) is 68.3 Å². The lowest BCUT2D eigenvalue weighted by molar-refractivity contribution is -0.130. The van der Waals surface area contributed by atoms with Crippen LogP contribution in [0, 0.1) is 21.7 Å². The van der Waals surface area contributed by atoms with E-state index in [1.54, 1.807) is 13.8 Å². The number of carbonyl (C=O) groups excluding carboxylic acids is 4. The second-order valence-corrected chi connectivity index (χ2v) is 11.2. The summed E-state index contributed by atoms with van der Waals surface area (Å²) in [6.45, 7) is 27.5. The Morgan fingerprint density at radius 3 is 0.632 bits per heavy atom. The van der Waals surface area contributed by atoms with Gasteiger partial charge in [0.1, 0.15) is 24.1 Å². The molecule has 0 amide bonds. The minimum absolute atomic E-state index is 0.0833. The summed E-state index contributed by atoms with van der Waals surface area (Å²) >= 11 is 0. The molecule has 4 aliphatic rings. The van der Waals surface area contributed by atoms with Crippen molar-refractivity contribution in [2.24, 2.45) is 21.7 Å². The maximum absolute atomic E-state index is 10.7. The van der Waals surface area contributed by atoms with Crippen molar-refractivity contribution >= 4 is 24.1 Å². The van der Waals surface area contributed by atoms with E-state index in [9.17, 15) is 19.2 Å². The van der Waals surface area contributed by atoms with Gasteiger partial charge in [0.15, 0.2) is 0 Å². The second-order valence-electron chi connectivity index (χ2n) is 11.2. The monoisotopic (exact) mass is 541 g/mol. The number of aldehydes is 2. The first-order valence-corrected chi connectivity index (χ1v) is 15.8. The summed E-state index contributed by atoms with van der Waals surface area (Å²) in [4.78, 5) is 41.7. The summed E-state index contributed by atoms with van der Waals surface area (Å²) in [5.41, 5.74) is 0.333. The summed E-state index contributed by atoms with van der Waals surface area (Å²) in [7, 11) is 0. The average molecular weight is 541 g/mol. The lowest BCUT2D eigenvalue weighted by atomic mass is 9.68. The minimum atomic E-state index is 0.0833. The van der Waals surface area contributed by atoms with E-state index in [1.807, 2.05) is 69.2 Å². The molecule has 4 fully saturated rings. The Kier molecular flexibility index (Phi) is 27.1. The highest BCUT2D eigenvalue weighted by molar-refractivity contribution is 5.83. The molecule has 0 N–H and O–H groups in total. The summed E-state index contributed by atoms with van der Waals surface area (Å²) in [6.07, 6.45) is 16.0. The maximum Gasteiger partial charge on any atom is 0.135 e. The lowest BCUT2D eigenvalue weighted by Crippen LogP contribution is -2.32. The van der Waals surface area contributed by atoms with Crippen molar-refractivity contribution in [2.75, 3.05) is 0 Å². The van der Waals surface area contributed by atoms with Crippen LogP contribution in [0.3, 0.4) is 0 Å². The quantitative estimate of drug-likeness (QED) is 0.332. The molecule has 0 radical (unpaired) electrons. The molecule has 4 nitrogen and oxygen atoms in total. The molecule has 0 spiro atoms. The van der Waals surface area contributed by atoms with E-state index in [1.165, 1.54) is 25.7 Å². The van der Waals surface area contributed by atoms with Gasteiger partial charge in [-0.15, -0.1) is 0 Å². The van der Waals surface area contributed by atoms with Crippen molar-refractivity contribution in [3.8, 4) is 0 Å². The first-order valence-electron chi connectivity index (χ1n) is 15.8. The van der Waals surface area contributed by atoms with Crippen molar-refractivity contribution in [1.29, 1.82) is 0 Å². The van der Waals surface area contributed by atoms with Crippen molar-refractivity contribution in [2.45, 2.75) is 174 Å². The van der Waals surface area contributed by atoms with E-state index in [0.29, 0.717) is 11.6 Å².